The summed E-state index contributed by atoms with van der Waals surface area (Å²) in [6, 6.07) is 2.01. The highest BCUT2D eigenvalue weighted by atomic mass is 16.5. The number of nitrogens with zero attached hydrogens (tertiary/aromatic N) is 3. The topological polar surface area (TPSA) is 88.5 Å². The molecule has 7 nitrogen and oxygen atoms in total. The second-order valence-electron chi connectivity index (χ2n) is 7.65. The van der Waals surface area contributed by atoms with Crippen LogP contribution >= 0.6 is 0 Å². The van der Waals surface area contributed by atoms with Crippen LogP contribution in [-0.2, 0) is 18.5 Å². The Bertz CT molecular complexity index is 723. The monoisotopic (exact) mass is 375 g/mol. The van der Waals surface area contributed by atoms with E-state index in [2.05, 4.69) is 60.4 Å². The Morgan fingerprint density at radius 3 is 2.52 bits per heavy atom. The molecule has 0 fully saturated rings. The van der Waals surface area contributed by atoms with Crippen molar-refractivity contribution in [1.29, 1.82) is 0 Å². The summed E-state index contributed by atoms with van der Waals surface area (Å²) in [5.41, 5.74) is 0.959. The van der Waals surface area contributed by atoms with E-state index in [1.54, 1.807) is 6.20 Å². The molecule has 27 heavy (non-hydrogen) atoms. The summed E-state index contributed by atoms with van der Waals surface area (Å²) < 4.78 is 11.2. The van der Waals surface area contributed by atoms with E-state index < -0.39 is 0 Å². The van der Waals surface area contributed by atoms with E-state index in [4.69, 9.17) is 8.94 Å². The molecule has 0 spiro atoms. The number of guanidine groups is 1. The van der Waals surface area contributed by atoms with Crippen molar-refractivity contribution in [1.82, 2.24) is 20.8 Å². The van der Waals surface area contributed by atoms with E-state index in [1.807, 2.05) is 13.0 Å². The summed E-state index contributed by atoms with van der Waals surface area (Å²) in [7, 11) is 0. The highest BCUT2D eigenvalue weighted by Gasteiger charge is 2.19. The largest absolute Gasteiger partial charge is 0.443 e. The van der Waals surface area contributed by atoms with Gasteiger partial charge in [-0.25, -0.2) is 9.98 Å². The van der Waals surface area contributed by atoms with Gasteiger partial charge in [0, 0.05) is 23.9 Å². The molecule has 0 atom stereocenters. The van der Waals surface area contributed by atoms with E-state index in [-0.39, 0.29) is 5.41 Å². The standard InChI is InChI=1S/C20H33N5O2/c1-7-14(8-2)16-10-15(27-25-16)11-23-19(21-9-3)24-13-18-22-12-17(26-18)20(4,5)6/h10,12,14H,7-9,11,13H2,1-6H3,(H2,21,23,24). The van der Waals surface area contributed by atoms with Crippen molar-refractivity contribution in [2.45, 2.75) is 78.8 Å². The van der Waals surface area contributed by atoms with Crippen molar-refractivity contribution in [2.24, 2.45) is 4.99 Å². The van der Waals surface area contributed by atoms with Crippen molar-refractivity contribution in [3.05, 3.63) is 35.4 Å². The van der Waals surface area contributed by atoms with Crippen molar-refractivity contribution in [2.75, 3.05) is 6.54 Å². The van der Waals surface area contributed by atoms with E-state index in [9.17, 15) is 0 Å². The van der Waals surface area contributed by atoms with Crippen LogP contribution in [0.4, 0.5) is 0 Å². The molecule has 150 valence electrons. The van der Waals surface area contributed by atoms with Gasteiger partial charge in [0.1, 0.15) is 12.3 Å². The van der Waals surface area contributed by atoms with Crippen LogP contribution in [-0.4, -0.2) is 22.6 Å². The summed E-state index contributed by atoms with van der Waals surface area (Å²) in [5.74, 6) is 3.41. The minimum Gasteiger partial charge on any atom is -0.443 e. The van der Waals surface area contributed by atoms with Crippen molar-refractivity contribution >= 4 is 5.96 Å². The number of nitrogens with one attached hydrogen (secondary N) is 2. The molecule has 0 amide bonds. The molecule has 0 saturated carbocycles. The highest BCUT2D eigenvalue weighted by molar-refractivity contribution is 5.79. The van der Waals surface area contributed by atoms with Gasteiger partial charge < -0.3 is 19.6 Å². The molecule has 2 aromatic rings. The predicted octanol–water partition coefficient (Wildman–Crippen LogP) is 4.12. The van der Waals surface area contributed by atoms with Gasteiger partial charge in [-0.1, -0.05) is 39.8 Å². The van der Waals surface area contributed by atoms with Gasteiger partial charge in [0.2, 0.25) is 5.89 Å². The molecule has 2 heterocycles. The molecule has 0 bridgehead atoms. The quantitative estimate of drug-likeness (QED) is 0.533. The molecular weight excluding hydrogens is 342 g/mol. The Kier molecular flexibility index (Phi) is 7.45. The Morgan fingerprint density at radius 2 is 1.93 bits per heavy atom. The van der Waals surface area contributed by atoms with Gasteiger partial charge in [-0.05, 0) is 19.8 Å². The van der Waals surface area contributed by atoms with Crippen LogP contribution in [0.25, 0.3) is 0 Å². The summed E-state index contributed by atoms with van der Waals surface area (Å²) >= 11 is 0. The van der Waals surface area contributed by atoms with Crippen LogP contribution in [0.5, 0.6) is 0 Å². The fourth-order valence-corrected chi connectivity index (χ4v) is 2.70. The Balaban J connectivity index is 1.97. The predicted molar refractivity (Wildman–Crippen MR) is 107 cm³/mol. The lowest BCUT2D eigenvalue weighted by atomic mass is 9.94. The summed E-state index contributed by atoms with van der Waals surface area (Å²) in [6.45, 7) is 14.3. The van der Waals surface area contributed by atoms with Gasteiger partial charge in [-0.3, -0.25) is 0 Å². The van der Waals surface area contributed by atoms with Gasteiger partial charge >= 0.3 is 0 Å². The molecule has 0 unspecified atom stereocenters. The summed E-state index contributed by atoms with van der Waals surface area (Å²) in [4.78, 5) is 8.90. The van der Waals surface area contributed by atoms with Crippen LogP contribution in [0, 0.1) is 0 Å². The van der Waals surface area contributed by atoms with Crippen molar-refractivity contribution < 1.29 is 8.94 Å². The second kappa shape index (κ2) is 9.58. The number of oxazole rings is 1. The summed E-state index contributed by atoms with van der Waals surface area (Å²) in [6.07, 6.45) is 3.90. The lowest BCUT2D eigenvalue weighted by Gasteiger charge is -2.13. The third-order valence-electron chi connectivity index (χ3n) is 4.42. The first-order chi connectivity index (χ1) is 12.9. The normalized spacial score (nSPS) is 12.6. The molecule has 7 heteroatoms. The molecule has 0 aromatic carbocycles. The minimum absolute atomic E-state index is 0.0529. The van der Waals surface area contributed by atoms with Gasteiger partial charge in [-0.2, -0.15) is 0 Å². The molecule has 0 aliphatic heterocycles. The van der Waals surface area contributed by atoms with E-state index in [0.717, 1.165) is 36.6 Å². The average Bonchev–Trinajstić information content (AvgIpc) is 3.28. The maximum Gasteiger partial charge on any atom is 0.213 e. The molecular formula is C20H33N5O2. The molecule has 2 aromatic heterocycles. The van der Waals surface area contributed by atoms with E-state index >= 15 is 0 Å². The lowest BCUT2D eigenvalue weighted by Crippen LogP contribution is -2.36. The number of aliphatic imine (C=N–C) groups is 1. The van der Waals surface area contributed by atoms with Gasteiger partial charge in [0.15, 0.2) is 11.7 Å². The minimum atomic E-state index is -0.0529. The van der Waals surface area contributed by atoms with E-state index in [1.165, 1.54) is 0 Å². The lowest BCUT2D eigenvalue weighted by molar-refractivity contribution is 0.372. The van der Waals surface area contributed by atoms with E-state index in [0.29, 0.717) is 30.9 Å². The zero-order chi connectivity index (χ0) is 19.9. The number of aromatic nitrogens is 2. The fraction of sp³-hybridized carbons (Fsp3) is 0.650. The van der Waals surface area contributed by atoms with Gasteiger partial charge in [0.25, 0.3) is 0 Å². The van der Waals surface area contributed by atoms with Crippen LogP contribution in [0.2, 0.25) is 0 Å². The smallest absolute Gasteiger partial charge is 0.213 e. The third-order valence-corrected chi connectivity index (χ3v) is 4.42. The van der Waals surface area contributed by atoms with Crippen LogP contribution in [0.3, 0.4) is 0 Å². The molecule has 0 saturated heterocycles. The van der Waals surface area contributed by atoms with Gasteiger partial charge in [0.05, 0.1) is 18.4 Å². The molecule has 2 rings (SSSR count). The molecule has 0 aliphatic carbocycles. The molecule has 0 radical (unpaired) electrons. The van der Waals surface area contributed by atoms with Crippen molar-refractivity contribution in [3.63, 3.8) is 0 Å². The molecule has 2 N–H and O–H groups in total. The number of hydrogen-bond acceptors (Lipinski definition) is 5. The van der Waals surface area contributed by atoms with Crippen LogP contribution < -0.4 is 10.6 Å². The average molecular weight is 376 g/mol. The molecule has 0 aliphatic rings. The Labute approximate surface area is 162 Å². The summed E-state index contributed by atoms with van der Waals surface area (Å²) in [5, 5.41) is 10.7. The number of hydrogen-bond donors (Lipinski definition) is 2. The van der Waals surface area contributed by atoms with Gasteiger partial charge in [-0.15, -0.1) is 0 Å². The Morgan fingerprint density at radius 1 is 1.19 bits per heavy atom. The maximum atomic E-state index is 5.81. The first-order valence-corrected chi connectivity index (χ1v) is 9.80. The maximum absolute atomic E-state index is 5.81. The zero-order valence-electron chi connectivity index (χ0n) is 17.4. The second-order valence-corrected chi connectivity index (χ2v) is 7.65. The third kappa shape index (κ3) is 6.12. The van der Waals surface area contributed by atoms with Crippen LogP contribution in [0.15, 0.2) is 26.2 Å². The first-order valence-electron chi connectivity index (χ1n) is 9.80. The SMILES string of the molecule is CCNC(=NCc1cc(C(CC)CC)no1)NCc1ncc(C(C)(C)C)o1. The fourth-order valence-electron chi connectivity index (χ4n) is 2.70. The Hall–Kier alpha value is -2.31. The van der Waals surface area contributed by atoms with Crippen molar-refractivity contribution in [3.8, 4) is 0 Å². The number of rotatable bonds is 8. The van der Waals surface area contributed by atoms with Crippen LogP contribution in [0.1, 0.15) is 83.4 Å². The zero-order valence-corrected chi connectivity index (χ0v) is 17.4. The highest BCUT2D eigenvalue weighted by Crippen LogP contribution is 2.23. The first kappa shape index (κ1) is 21.0.